The van der Waals surface area contributed by atoms with Crippen molar-refractivity contribution in [2.75, 3.05) is 5.32 Å². The third-order valence-electron chi connectivity index (χ3n) is 4.24. The molecule has 2 aromatic carbocycles. The second-order valence-electron chi connectivity index (χ2n) is 6.55. The Morgan fingerprint density at radius 3 is 2.83 bits per heavy atom. The highest BCUT2D eigenvalue weighted by molar-refractivity contribution is 9.10. The van der Waals surface area contributed by atoms with E-state index in [4.69, 9.17) is 4.74 Å². The fourth-order valence-corrected chi connectivity index (χ4v) is 3.97. The van der Waals surface area contributed by atoms with Gasteiger partial charge >= 0.3 is 0 Å². The van der Waals surface area contributed by atoms with E-state index < -0.39 is 5.82 Å². The van der Waals surface area contributed by atoms with E-state index in [0.717, 1.165) is 15.6 Å². The topological polar surface area (TPSA) is 56.2 Å². The zero-order valence-electron chi connectivity index (χ0n) is 15.7. The third-order valence-corrected chi connectivity index (χ3v) is 5.63. The third kappa shape index (κ3) is 5.14. The lowest BCUT2D eigenvalue weighted by atomic mass is 10.2. The molecule has 2 heterocycles. The minimum atomic E-state index is -0.409. The van der Waals surface area contributed by atoms with Crippen LogP contribution in [0.15, 0.2) is 76.8 Å². The van der Waals surface area contributed by atoms with Crippen molar-refractivity contribution in [1.29, 1.82) is 0 Å². The molecule has 0 aliphatic rings. The molecule has 152 valence electrons. The number of carbonyl (C=O) groups excluding carboxylic acids is 1. The highest BCUT2D eigenvalue weighted by Crippen LogP contribution is 2.21. The van der Waals surface area contributed by atoms with Crippen molar-refractivity contribution in [2.24, 2.45) is 0 Å². The molecule has 4 aromatic rings. The van der Waals surface area contributed by atoms with Crippen molar-refractivity contribution >= 4 is 38.9 Å². The molecule has 30 heavy (non-hydrogen) atoms. The van der Waals surface area contributed by atoms with Crippen LogP contribution in [-0.4, -0.2) is 15.7 Å². The Morgan fingerprint density at radius 1 is 1.17 bits per heavy atom. The summed E-state index contributed by atoms with van der Waals surface area (Å²) in [4.78, 5) is 13.2. The molecular weight excluding hydrogens is 469 g/mol. The van der Waals surface area contributed by atoms with E-state index in [9.17, 15) is 9.18 Å². The summed E-state index contributed by atoms with van der Waals surface area (Å²) in [5.74, 6) is -0.417. The van der Waals surface area contributed by atoms with Crippen LogP contribution in [0, 0.1) is 5.82 Å². The van der Waals surface area contributed by atoms with Crippen molar-refractivity contribution in [3.8, 4) is 5.75 Å². The first-order chi connectivity index (χ1) is 14.6. The van der Waals surface area contributed by atoms with Crippen LogP contribution in [0.1, 0.15) is 20.8 Å². The largest absolute Gasteiger partial charge is 0.486 e. The molecule has 1 amide bonds. The van der Waals surface area contributed by atoms with E-state index in [1.165, 1.54) is 17.4 Å². The summed E-state index contributed by atoms with van der Waals surface area (Å²) in [6.07, 6.45) is 3.62. The minimum Gasteiger partial charge on any atom is -0.486 e. The van der Waals surface area contributed by atoms with Crippen LogP contribution in [0.25, 0.3) is 0 Å². The first-order valence-electron chi connectivity index (χ1n) is 9.10. The van der Waals surface area contributed by atoms with Gasteiger partial charge in [0.1, 0.15) is 6.61 Å². The lowest BCUT2D eigenvalue weighted by Crippen LogP contribution is -2.10. The lowest BCUT2D eigenvalue weighted by molar-refractivity contribution is 0.103. The number of aromatic nitrogens is 2. The Balaban J connectivity index is 1.37. The first-order valence-corrected chi connectivity index (χ1v) is 10.8. The fraction of sp³-hybridized carbons (Fsp3) is 0.0909. The van der Waals surface area contributed by atoms with Crippen molar-refractivity contribution in [3.05, 3.63) is 98.7 Å². The van der Waals surface area contributed by atoms with Gasteiger partial charge in [-0.15, -0.1) is 11.3 Å². The lowest BCUT2D eigenvalue weighted by Gasteiger charge is -2.07. The Morgan fingerprint density at radius 2 is 2.03 bits per heavy atom. The SMILES string of the molecule is O=C(Nc1cccc(Cn2cc(Br)cn2)c1)c1cc(COc2ccccc2F)cs1. The molecule has 8 heteroatoms. The summed E-state index contributed by atoms with van der Waals surface area (Å²) in [7, 11) is 0. The van der Waals surface area contributed by atoms with Crippen LogP contribution in [0.4, 0.5) is 10.1 Å². The zero-order valence-corrected chi connectivity index (χ0v) is 18.1. The van der Waals surface area contributed by atoms with Crippen molar-refractivity contribution in [1.82, 2.24) is 9.78 Å². The summed E-state index contributed by atoms with van der Waals surface area (Å²) in [5.41, 5.74) is 2.54. The number of thiophene rings is 1. The predicted molar refractivity (Wildman–Crippen MR) is 118 cm³/mol. The molecule has 0 aliphatic carbocycles. The van der Waals surface area contributed by atoms with Gasteiger partial charge in [0.25, 0.3) is 5.91 Å². The second kappa shape index (κ2) is 9.23. The predicted octanol–water partition coefficient (Wildman–Crippen LogP) is 5.73. The van der Waals surface area contributed by atoms with Gasteiger partial charge in [-0.05, 0) is 57.2 Å². The van der Waals surface area contributed by atoms with Gasteiger partial charge in [-0.2, -0.15) is 5.10 Å². The van der Waals surface area contributed by atoms with E-state index in [1.807, 2.05) is 40.5 Å². The average molecular weight is 486 g/mol. The number of nitrogens with zero attached hydrogens (tertiary/aromatic N) is 2. The van der Waals surface area contributed by atoms with E-state index in [0.29, 0.717) is 17.1 Å². The van der Waals surface area contributed by atoms with Gasteiger partial charge in [0, 0.05) is 17.4 Å². The number of amides is 1. The molecule has 0 bridgehead atoms. The number of anilines is 1. The van der Waals surface area contributed by atoms with Crippen LogP contribution >= 0.6 is 27.3 Å². The maximum absolute atomic E-state index is 13.6. The smallest absolute Gasteiger partial charge is 0.265 e. The van der Waals surface area contributed by atoms with E-state index >= 15 is 0 Å². The van der Waals surface area contributed by atoms with Gasteiger partial charge in [0.15, 0.2) is 11.6 Å². The Bertz CT molecular complexity index is 1170. The van der Waals surface area contributed by atoms with Gasteiger partial charge in [0.05, 0.1) is 22.1 Å². The second-order valence-corrected chi connectivity index (χ2v) is 8.38. The number of para-hydroxylation sites is 1. The molecule has 0 saturated heterocycles. The highest BCUT2D eigenvalue weighted by atomic mass is 79.9. The number of benzene rings is 2. The van der Waals surface area contributed by atoms with Crippen LogP contribution in [0.3, 0.4) is 0 Å². The summed E-state index contributed by atoms with van der Waals surface area (Å²) < 4.78 is 21.9. The molecule has 0 spiro atoms. The standard InChI is InChI=1S/C22H17BrFN3O2S/c23-17-10-25-27(12-17)11-15-4-3-5-18(8-15)26-22(28)21-9-16(14-30-21)13-29-20-7-2-1-6-19(20)24/h1-10,12,14H,11,13H2,(H,26,28). The average Bonchev–Trinajstić information content (AvgIpc) is 3.37. The molecule has 4 rings (SSSR count). The van der Waals surface area contributed by atoms with Crippen LogP contribution in [0.5, 0.6) is 5.75 Å². The van der Waals surface area contributed by atoms with Crippen molar-refractivity contribution in [2.45, 2.75) is 13.2 Å². The fourth-order valence-electron chi connectivity index (χ4n) is 2.85. The van der Waals surface area contributed by atoms with Gasteiger partial charge in [-0.1, -0.05) is 24.3 Å². The maximum atomic E-state index is 13.6. The molecule has 1 N–H and O–H groups in total. The van der Waals surface area contributed by atoms with Crippen molar-refractivity contribution in [3.63, 3.8) is 0 Å². The molecule has 0 unspecified atom stereocenters. The van der Waals surface area contributed by atoms with Gasteiger partial charge < -0.3 is 10.1 Å². The molecule has 0 atom stereocenters. The number of rotatable bonds is 7. The first kappa shape index (κ1) is 20.3. The Hall–Kier alpha value is -2.97. The molecule has 0 fully saturated rings. The van der Waals surface area contributed by atoms with Crippen LogP contribution < -0.4 is 10.1 Å². The van der Waals surface area contributed by atoms with Gasteiger partial charge in [-0.25, -0.2) is 4.39 Å². The summed E-state index contributed by atoms with van der Waals surface area (Å²) in [5, 5.41) is 9.00. The molecular formula is C22H17BrFN3O2S. The van der Waals surface area contributed by atoms with Crippen molar-refractivity contribution < 1.29 is 13.9 Å². The molecule has 2 aromatic heterocycles. The van der Waals surface area contributed by atoms with Gasteiger partial charge in [-0.3, -0.25) is 9.48 Å². The van der Waals surface area contributed by atoms with Gasteiger partial charge in [0.2, 0.25) is 0 Å². The number of hydrogen-bond donors (Lipinski definition) is 1. The number of ether oxygens (including phenoxy) is 1. The van der Waals surface area contributed by atoms with Crippen LogP contribution in [-0.2, 0) is 13.2 Å². The van der Waals surface area contributed by atoms with Crippen LogP contribution in [0.2, 0.25) is 0 Å². The number of halogens is 2. The van der Waals surface area contributed by atoms with E-state index in [2.05, 4.69) is 26.3 Å². The Labute approximate surface area is 185 Å². The summed E-state index contributed by atoms with van der Waals surface area (Å²) in [6, 6.07) is 15.6. The minimum absolute atomic E-state index is 0.190. The molecule has 5 nitrogen and oxygen atoms in total. The number of carbonyl (C=O) groups is 1. The summed E-state index contributed by atoms with van der Waals surface area (Å²) >= 11 is 4.70. The highest BCUT2D eigenvalue weighted by Gasteiger charge is 2.11. The normalized spacial score (nSPS) is 10.7. The summed E-state index contributed by atoms with van der Waals surface area (Å²) in [6.45, 7) is 0.797. The monoisotopic (exact) mass is 485 g/mol. The van der Waals surface area contributed by atoms with E-state index in [1.54, 1.807) is 30.5 Å². The molecule has 0 aliphatic heterocycles. The Kier molecular flexibility index (Phi) is 6.25. The molecule has 0 radical (unpaired) electrons. The zero-order chi connectivity index (χ0) is 20.9. The van der Waals surface area contributed by atoms with E-state index in [-0.39, 0.29) is 18.3 Å². The number of nitrogens with one attached hydrogen (secondary N) is 1. The maximum Gasteiger partial charge on any atom is 0.265 e. The number of hydrogen-bond acceptors (Lipinski definition) is 4. The molecule has 0 saturated carbocycles. The quantitative estimate of drug-likeness (QED) is 0.363.